The number of hydrogen-bond acceptors (Lipinski definition) is 6. The first kappa shape index (κ1) is 24.8. The van der Waals surface area contributed by atoms with E-state index in [4.69, 9.17) is 14.2 Å². The Morgan fingerprint density at radius 3 is 2.38 bits per heavy atom. The zero-order chi connectivity index (χ0) is 25.9. The second-order valence-corrected chi connectivity index (χ2v) is 9.66. The number of Topliss-reactive ketones (excluding diaryl/α,β-unsaturated/α-hetero) is 1. The standard InChI is InChI=1S/C31H34N2O4/c1-5-19(2)37-27-13-9-6-10-22(27)31-30-25(32-23-11-7-8-12-24(23)33-31)16-21(17-26(30)34)20-14-15-28(35-3)29(18-20)36-4/h6-15,18-19,21,31-33H,5,16-17H2,1-4H3. The van der Waals surface area contributed by atoms with Crippen LogP contribution in [0.5, 0.6) is 17.2 Å². The number of ether oxygens (including phenoxy) is 3. The maximum absolute atomic E-state index is 13.9. The van der Waals surface area contributed by atoms with Gasteiger partial charge in [0.25, 0.3) is 0 Å². The van der Waals surface area contributed by atoms with Gasteiger partial charge in [0.2, 0.25) is 0 Å². The Bertz CT molecular complexity index is 1330. The summed E-state index contributed by atoms with van der Waals surface area (Å²) in [5.41, 5.74) is 5.65. The second-order valence-electron chi connectivity index (χ2n) is 9.66. The Morgan fingerprint density at radius 1 is 0.892 bits per heavy atom. The molecule has 1 aliphatic carbocycles. The summed E-state index contributed by atoms with van der Waals surface area (Å²) in [6.45, 7) is 4.18. The van der Waals surface area contributed by atoms with Gasteiger partial charge in [-0.1, -0.05) is 43.3 Å². The van der Waals surface area contributed by atoms with Gasteiger partial charge in [0, 0.05) is 23.3 Å². The van der Waals surface area contributed by atoms with Gasteiger partial charge in [-0.25, -0.2) is 0 Å². The van der Waals surface area contributed by atoms with Crippen molar-refractivity contribution in [2.75, 3.05) is 24.9 Å². The molecule has 0 aromatic heterocycles. The molecule has 5 rings (SSSR count). The summed E-state index contributed by atoms with van der Waals surface area (Å²) in [6, 6.07) is 21.7. The van der Waals surface area contributed by atoms with Crippen LogP contribution in [0.2, 0.25) is 0 Å². The van der Waals surface area contributed by atoms with E-state index in [9.17, 15) is 4.79 Å². The number of ketones is 1. The minimum Gasteiger partial charge on any atom is -0.493 e. The van der Waals surface area contributed by atoms with E-state index in [1.165, 1.54) is 0 Å². The molecule has 0 bridgehead atoms. The number of nitrogens with one attached hydrogen (secondary N) is 2. The maximum Gasteiger partial charge on any atom is 0.163 e. The predicted molar refractivity (Wildman–Crippen MR) is 147 cm³/mol. The Kier molecular flexibility index (Phi) is 7.08. The van der Waals surface area contributed by atoms with Crippen LogP contribution in [0.15, 0.2) is 78.0 Å². The quantitative estimate of drug-likeness (QED) is 0.371. The van der Waals surface area contributed by atoms with Crippen LogP contribution in [0.25, 0.3) is 0 Å². The molecule has 0 amide bonds. The molecule has 37 heavy (non-hydrogen) atoms. The van der Waals surface area contributed by atoms with Crippen LogP contribution in [-0.2, 0) is 4.79 Å². The molecule has 0 fully saturated rings. The predicted octanol–water partition coefficient (Wildman–Crippen LogP) is 6.86. The number of carbonyl (C=O) groups excluding carboxylic acids is 1. The molecule has 3 unspecified atom stereocenters. The van der Waals surface area contributed by atoms with E-state index >= 15 is 0 Å². The Labute approximate surface area is 218 Å². The maximum atomic E-state index is 13.9. The molecule has 1 heterocycles. The molecular formula is C31H34N2O4. The topological polar surface area (TPSA) is 68.8 Å². The number of hydrogen-bond donors (Lipinski definition) is 2. The van der Waals surface area contributed by atoms with E-state index in [0.29, 0.717) is 24.3 Å². The van der Waals surface area contributed by atoms with E-state index in [1.807, 2.05) is 60.7 Å². The minimum absolute atomic E-state index is 0.0241. The summed E-state index contributed by atoms with van der Waals surface area (Å²) in [7, 11) is 3.26. The second kappa shape index (κ2) is 10.6. The summed E-state index contributed by atoms with van der Waals surface area (Å²) in [5.74, 6) is 2.29. The van der Waals surface area contributed by atoms with E-state index < -0.39 is 0 Å². The van der Waals surface area contributed by atoms with Gasteiger partial charge in [-0.3, -0.25) is 4.79 Å². The third-order valence-corrected chi connectivity index (χ3v) is 7.32. The van der Waals surface area contributed by atoms with Crippen LogP contribution >= 0.6 is 0 Å². The van der Waals surface area contributed by atoms with Gasteiger partial charge in [-0.2, -0.15) is 0 Å². The fourth-order valence-corrected chi connectivity index (χ4v) is 5.19. The largest absolute Gasteiger partial charge is 0.493 e. The molecular weight excluding hydrogens is 464 g/mol. The van der Waals surface area contributed by atoms with Gasteiger partial charge in [-0.15, -0.1) is 0 Å². The highest BCUT2D eigenvalue weighted by Crippen LogP contribution is 2.46. The fourth-order valence-electron chi connectivity index (χ4n) is 5.19. The first-order valence-corrected chi connectivity index (χ1v) is 12.9. The number of fused-ring (bicyclic) bond motifs is 1. The molecule has 2 aliphatic rings. The average Bonchev–Trinajstić information content (AvgIpc) is 3.09. The summed E-state index contributed by atoms with van der Waals surface area (Å²) in [5, 5.41) is 7.28. The van der Waals surface area contributed by atoms with Crippen LogP contribution in [0.4, 0.5) is 11.4 Å². The number of allylic oxidation sites excluding steroid dienone is 1. The Hall–Kier alpha value is -3.93. The van der Waals surface area contributed by atoms with Crippen molar-refractivity contribution in [2.24, 2.45) is 0 Å². The molecule has 3 aromatic carbocycles. The first-order valence-electron chi connectivity index (χ1n) is 12.9. The molecule has 0 saturated carbocycles. The van der Waals surface area contributed by atoms with Gasteiger partial charge in [0.1, 0.15) is 5.75 Å². The molecule has 1 aliphatic heterocycles. The smallest absolute Gasteiger partial charge is 0.163 e. The van der Waals surface area contributed by atoms with Crippen LogP contribution in [0, 0.1) is 0 Å². The van der Waals surface area contributed by atoms with Gasteiger partial charge in [-0.05, 0) is 61.6 Å². The lowest BCUT2D eigenvalue weighted by Crippen LogP contribution is -2.27. The monoisotopic (exact) mass is 498 g/mol. The summed E-state index contributed by atoms with van der Waals surface area (Å²) in [6.07, 6.45) is 2.09. The highest BCUT2D eigenvalue weighted by atomic mass is 16.5. The van der Waals surface area contributed by atoms with Gasteiger partial charge in [0.15, 0.2) is 17.3 Å². The number of anilines is 2. The highest BCUT2D eigenvalue weighted by molar-refractivity contribution is 6.01. The van der Waals surface area contributed by atoms with E-state index in [-0.39, 0.29) is 23.8 Å². The lowest BCUT2D eigenvalue weighted by Gasteiger charge is -2.31. The van der Waals surface area contributed by atoms with Crippen molar-refractivity contribution in [1.29, 1.82) is 0 Å². The number of para-hydroxylation sites is 3. The first-order chi connectivity index (χ1) is 18.0. The summed E-state index contributed by atoms with van der Waals surface area (Å²) < 4.78 is 17.3. The molecule has 3 aromatic rings. The molecule has 0 saturated heterocycles. The number of rotatable bonds is 7. The van der Waals surface area contributed by atoms with Gasteiger partial charge >= 0.3 is 0 Å². The SMILES string of the molecule is CCC(C)Oc1ccccc1C1Nc2ccccc2NC2=C1C(=O)CC(c1ccc(OC)c(OC)c1)C2. The summed E-state index contributed by atoms with van der Waals surface area (Å²) in [4.78, 5) is 13.9. The molecule has 2 N–H and O–H groups in total. The normalized spacial score (nSPS) is 19.5. The van der Waals surface area contributed by atoms with Crippen molar-refractivity contribution >= 4 is 17.2 Å². The third-order valence-electron chi connectivity index (χ3n) is 7.32. The van der Waals surface area contributed by atoms with Crippen LogP contribution < -0.4 is 24.8 Å². The average molecular weight is 499 g/mol. The van der Waals surface area contributed by atoms with Crippen molar-refractivity contribution in [3.63, 3.8) is 0 Å². The van der Waals surface area contributed by atoms with Crippen molar-refractivity contribution in [3.05, 3.63) is 89.1 Å². The number of benzene rings is 3. The van der Waals surface area contributed by atoms with Gasteiger partial charge < -0.3 is 24.8 Å². The van der Waals surface area contributed by atoms with Crippen molar-refractivity contribution in [2.45, 2.75) is 51.2 Å². The molecule has 192 valence electrons. The highest BCUT2D eigenvalue weighted by Gasteiger charge is 2.37. The summed E-state index contributed by atoms with van der Waals surface area (Å²) >= 11 is 0. The van der Waals surface area contributed by atoms with E-state index in [0.717, 1.165) is 45.9 Å². The molecule has 0 spiro atoms. The Morgan fingerprint density at radius 2 is 1.62 bits per heavy atom. The van der Waals surface area contributed by atoms with E-state index in [2.05, 4.69) is 30.5 Å². The van der Waals surface area contributed by atoms with Crippen LogP contribution in [-0.4, -0.2) is 26.1 Å². The number of methoxy groups -OCH3 is 2. The third kappa shape index (κ3) is 4.88. The number of carbonyl (C=O) groups is 1. The Balaban J connectivity index is 1.59. The fraction of sp³-hybridized carbons (Fsp3) is 0.323. The van der Waals surface area contributed by atoms with E-state index in [1.54, 1.807) is 14.2 Å². The van der Waals surface area contributed by atoms with Crippen molar-refractivity contribution in [3.8, 4) is 17.2 Å². The lowest BCUT2D eigenvalue weighted by atomic mass is 9.78. The molecule has 6 nitrogen and oxygen atoms in total. The molecule has 3 atom stereocenters. The lowest BCUT2D eigenvalue weighted by molar-refractivity contribution is -0.116. The van der Waals surface area contributed by atoms with Crippen molar-refractivity contribution in [1.82, 2.24) is 0 Å². The zero-order valence-corrected chi connectivity index (χ0v) is 21.8. The van der Waals surface area contributed by atoms with Crippen molar-refractivity contribution < 1.29 is 19.0 Å². The zero-order valence-electron chi connectivity index (χ0n) is 21.8. The molecule has 0 radical (unpaired) electrons. The van der Waals surface area contributed by atoms with Crippen LogP contribution in [0.3, 0.4) is 0 Å². The van der Waals surface area contributed by atoms with Gasteiger partial charge in [0.05, 0.1) is 37.7 Å². The van der Waals surface area contributed by atoms with Crippen LogP contribution in [0.1, 0.15) is 56.2 Å². The molecule has 6 heteroatoms. The minimum atomic E-state index is -0.328.